The van der Waals surface area contributed by atoms with Gasteiger partial charge in [0.1, 0.15) is 5.82 Å². The van der Waals surface area contributed by atoms with Gasteiger partial charge in [0.15, 0.2) is 0 Å². The van der Waals surface area contributed by atoms with E-state index in [9.17, 15) is 0 Å². The van der Waals surface area contributed by atoms with Gasteiger partial charge in [-0.2, -0.15) is 0 Å². The van der Waals surface area contributed by atoms with Crippen molar-refractivity contribution in [1.82, 2.24) is 9.55 Å². The van der Waals surface area contributed by atoms with Crippen molar-refractivity contribution in [2.45, 2.75) is 25.8 Å². The van der Waals surface area contributed by atoms with Gasteiger partial charge >= 0.3 is 0 Å². The van der Waals surface area contributed by atoms with Crippen LogP contribution in [-0.2, 0) is 0 Å². The van der Waals surface area contributed by atoms with Crippen LogP contribution in [0.1, 0.15) is 24.4 Å². The van der Waals surface area contributed by atoms with Crippen LogP contribution < -0.4 is 5.73 Å². The predicted octanol–water partition coefficient (Wildman–Crippen LogP) is 4.58. The van der Waals surface area contributed by atoms with E-state index in [0.717, 1.165) is 28.1 Å². The summed E-state index contributed by atoms with van der Waals surface area (Å²) in [5.41, 5.74) is 11.2. The monoisotopic (exact) mass is 297 g/mol. The molecule has 0 atom stereocenters. The van der Waals surface area contributed by atoms with Gasteiger partial charge in [-0.3, -0.25) is 0 Å². The quantitative estimate of drug-likeness (QED) is 0.703. The van der Waals surface area contributed by atoms with Crippen molar-refractivity contribution in [3.8, 4) is 11.4 Å². The normalized spacial score (nSPS) is 14.8. The molecule has 0 unspecified atom stereocenters. The molecule has 1 heterocycles. The van der Waals surface area contributed by atoms with E-state index in [1.807, 2.05) is 24.3 Å². The number of nitrogens with zero attached hydrogens (tertiary/aromatic N) is 2. The Hall–Kier alpha value is -2.00. The molecular formula is C17H16ClN3. The molecule has 3 aromatic rings. The molecule has 2 aromatic carbocycles. The van der Waals surface area contributed by atoms with E-state index in [1.165, 1.54) is 18.4 Å². The molecule has 1 aliphatic carbocycles. The van der Waals surface area contributed by atoms with Gasteiger partial charge in [-0.1, -0.05) is 23.2 Å². The maximum absolute atomic E-state index is 6.18. The van der Waals surface area contributed by atoms with Crippen molar-refractivity contribution in [1.29, 1.82) is 0 Å². The smallest absolute Gasteiger partial charge is 0.143 e. The molecule has 1 saturated carbocycles. The van der Waals surface area contributed by atoms with E-state index in [4.69, 9.17) is 22.3 Å². The Balaban J connectivity index is 2.03. The number of halogens is 1. The summed E-state index contributed by atoms with van der Waals surface area (Å²) in [6.45, 7) is 2.07. The fraction of sp³-hybridized carbons (Fsp3) is 0.235. The Morgan fingerprint density at radius 1 is 1.19 bits per heavy atom. The van der Waals surface area contributed by atoms with Crippen LogP contribution in [0.25, 0.3) is 22.4 Å². The summed E-state index contributed by atoms with van der Waals surface area (Å²) >= 11 is 6.10. The van der Waals surface area contributed by atoms with Gasteiger partial charge in [-0.15, -0.1) is 0 Å². The van der Waals surface area contributed by atoms with Crippen molar-refractivity contribution in [3.63, 3.8) is 0 Å². The van der Waals surface area contributed by atoms with Crippen molar-refractivity contribution in [3.05, 3.63) is 47.0 Å². The molecule has 3 nitrogen and oxygen atoms in total. The lowest BCUT2D eigenvalue weighted by atomic mass is 10.1. The van der Waals surface area contributed by atoms with E-state index in [2.05, 4.69) is 23.6 Å². The number of rotatable bonds is 2. The molecule has 2 N–H and O–H groups in total. The second-order valence-electron chi connectivity index (χ2n) is 5.76. The fourth-order valence-corrected chi connectivity index (χ4v) is 2.99. The Labute approximate surface area is 128 Å². The van der Waals surface area contributed by atoms with E-state index in [1.54, 1.807) is 0 Å². The number of benzene rings is 2. The molecule has 0 bridgehead atoms. The number of fused-ring (bicyclic) bond motifs is 1. The number of nitrogen functional groups attached to an aromatic ring is 1. The molecule has 0 saturated heterocycles. The summed E-state index contributed by atoms with van der Waals surface area (Å²) in [6.07, 6.45) is 2.40. The van der Waals surface area contributed by atoms with Crippen molar-refractivity contribution < 1.29 is 0 Å². The van der Waals surface area contributed by atoms with Crippen LogP contribution in [0.5, 0.6) is 0 Å². The Bertz CT molecular complexity index is 847. The number of nitrogens with two attached hydrogens (primary N) is 1. The average Bonchev–Trinajstić information content (AvgIpc) is 3.22. The molecule has 1 aliphatic rings. The summed E-state index contributed by atoms with van der Waals surface area (Å²) in [6, 6.07) is 12.5. The first-order valence-electron chi connectivity index (χ1n) is 7.17. The van der Waals surface area contributed by atoms with Gasteiger partial charge in [-0.05, 0) is 50.1 Å². The van der Waals surface area contributed by atoms with Crippen LogP contribution in [-0.4, -0.2) is 9.55 Å². The summed E-state index contributed by atoms with van der Waals surface area (Å²) in [4.78, 5) is 4.81. The highest BCUT2D eigenvalue weighted by atomic mass is 35.5. The molecular weight excluding hydrogens is 282 g/mol. The minimum atomic E-state index is 0.533. The standard InChI is InChI=1S/C17H16ClN3/c1-10-2-6-14(19)13(8-10)17-20-15-9-11(18)3-7-16(15)21(17)12-4-5-12/h2-3,6-9,12H,4-5,19H2,1H3. The predicted molar refractivity (Wildman–Crippen MR) is 87.6 cm³/mol. The Morgan fingerprint density at radius 3 is 2.76 bits per heavy atom. The number of anilines is 1. The molecule has 0 radical (unpaired) electrons. The number of aryl methyl sites for hydroxylation is 1. The van der Waals surface area contributed by atoms with E-state index in [0.29, 0.717) is 11.1 Å². The van der Waals surface area contributed by atoms with Crippen LogP contribution in [0.15, 0.2) is 36.4 Å². The lowest BCUT2D eigenvalue weighted by Crippen LogP contribution is -2.00. The summed E-state index contributed by atoms with van der Waals surface area (Å²) in [5.74, 6) is 0.955. The lowest BCUT2D eigenvalue weighted by Gasteiger charge is -2.10. The number of aromatic nitrogens is 2. The van der Waals surface area contributed by atoms with Gasteiger partial charge in [0.2, 0.25) is 0 Å². The zero-order valence-electron chi connectivity index (χ0n) is 11.8. The first-order chi connectivity index (χ1) is 10.1. The average molecular weight is 298 g/mol. The van der Waals surface area contributed by atoms with E-state index >= 15 is 0 Å². The second kappa shape index (κ2) is 4.50. The third kappa shape index (κ3) is 2.09. The van der Waals surface area contributed by atoms with Gasteiger partial charge in [0.05, 0.1) is 11.0 Å². The topological polar surface area (TPSA) is 43.8 Å². The maximum atomic E-state index is 6.18. The van der Waals surface area contributed by atoms with Gasteiger partial charge in [0.25, 0.3) is 0 Å². The Kier molecular flexibility index (Phi) is 2.73. The summed E-state index contributed by atoms with van der Waals surface area (Å²) < 4.78 is 2.32. The highest BCUT2D eigenvalue weighted by Crippen LogP contribution is 2.42. The molecule has 1 fully saturated rings. The zero-order valence-corrected chi connectivity index (χ0v) is 12.6. The number of imidazole rings is 1. The largest absolute Gasteiger partial charge is 0.398 e. The molecule has 4 rings (SSSR count). The maximum Gasteiger partial charge on any atom is 0.143 e. The highest BCUT2D eigenvalue weighted by Gasteiger charge is 2.29. The Morgan fingerprint density at radius 2 is 2.00 bits per heavy atom. The molecule has 0 spiro atoms. The van der Waals surface area contributed by atoms with Gasteiger partial charge in [0, 0.05) is 22.3 Å². The highest BCUT2D eigenvalue weighted by molar-refractivity contribution is 6.31. The minimum Gasteiger partial charge on any atom is -0.398 e. The van der Waals surface area contributed by atoms with Crippen molar-refractivity contribution in [2.24, 2.45) is 0 Å². The first-order valence-corrected chi connectivity index (χ1v) is 7.55. The molecule has 21 heavy (non-hydrogen) atoms. The number of hydrogen-bond donors (Lipinski definition) is 1. The fourth-order valence-electron chi connectivity index (χ4n) is 2.83. The second-order valence-corrected chi connectivity index (χ2v) is 6.20. The van der Waals surface area contributed by atoms with E-state index < -0.39 is 0 Å². The van der Waals surface area contributed by atoms with Crippen molar-refractivity contribution in [2.75, 3.05) is 5.73 Å². The van der Waals surface area contributed by atoms with Gasteiger partial charge in [-0.25, -0.2) is 4.98 Å². The molecule has 4 heteroatoms. The van der Waals surface area contributed by atoms with Crippen LogP contribution in [0.2, 0.25) is 5.02 Å². The first kappa shape index (κ1) is 12.7. The third-order valence-corrected chi connectivity index (χ3v) is 4.25. The van der Waals surface area contributed by atoms with Crippen molar-refractivity contribution >= 4 is 28.3 Å². The van der Waals surface area contributed by atoms with Crippen LogP contribution >= 0.6 is 11.6 Å². The SMILES string of the molecule is Cc1ccc(N)c(-c2nc3cc(Cl)ccc3n2C2CC2)c1. The lowest BCUT2D eigenvalue weighted by molar-refractivity contribution is 0.775. The van der Waals surface area contributed by atoms with Crippen LogP contribution in [0, 0.1) is 6.92 Å². The summed E-state index contributed by atoms with van der Waals surface area (Å²) in [5, 5.41) is 0.715. The van der Waals surface area contributed by atoms with E-state index in [-0.39, 0.29) is 0 Å². The third-order valence-electron chi connectivity index (χ3n) is 4.01. The molecule has 106 valence electrons. The van der Waals surface area contributed by atoms with Crippen LogP contribution in [0.4, 0.5) is 5.69 Å². The zero-order chi connectivity index (χ0) is 14.6. The minimum absolute atomic E-state index is 0.533. The summed E-state index contributed by atoms with van der Waals surface area (Å²) in [7, 11) is 0. The van der Waals surface area contributed by atoms with Crippen LogP contribution in [0.3, 0.4) is 0 Å². The molecule has 0 amide bonds. The molecule has 0 aliphatic heterocycles. The molecule has 1 aromatic heterocycles. The van der Waals surface area contributed by atoms with Gasteiger partial charge < -0.3 is 10.3 Å². The number of hydrogen-bond acceptors (Lipinski definition) is 2.